The van der Waals surface area contributed by atoms with Crippen molar-refractivity contribution in [2.45, 2.75) is 40.8 Å². The predicted molar refractivity (Wildman–Crippen MR) is 133 cm³/mol. The van der Waals surface area contributed by atoms with Gasteiger partial charge in [-0.1, -0.05) is 65.9 Å². The second-order valence-electron chi connectivity index (χ2n) is 9.29. The number of hydrogen-bond donors (Lipinski definition) is 0. The fourth-order valence-corrected chi connectivity index (χ4v) is 6.98. The Balaban J connectivity index is 1.99. The van der Waals surface area contributed by atoms with Crippen LogP contribution in [0.25, 0.3) is 22.0 Å². The van der Waals surface area contributed by atoms with Gasteiger partial charge in [-0.2, -0.15) is 4.57 Å². The van der Waals surface area contributed by atoms with Crippen LogP contribution in [0.4, 0.5) is 4.39 Å². The number of benzene rings is 3. The van der Waals surface area contributed by atoms with Crippen LogP contribution in [0.2, 0.25) is 13.1 Å². The van der Waals surface area contributed by atoms with E-state index in [-0.39, 0.29) is 5.82 Å². The SMILES string of the molecule is Cc1cc(-c2c3ccc([Si](C)(C)c4ccccc4)cc3cc(C)[n+]2C)c(C)c(C)c1F. The summed E-state index contributed by atoms with van der Waals surface area (Å²) in [6.45, 7) is 12.7. The predicted octanol–water partition coefficient (Wildman–Crippen LogP) is 5.53. The van der Waals surface area contributed by atoms with Gasteiger partial charge in [0.25, 0.3) is 0 Å². The quantitative estimate of drug-likeness (QED) is 0.298. The molecule has 0 spiro atoms. The van der Waals surface area contributed by atoms with Gasteiger partial charge < -0.3 is 0 Å². The van der Waals surface area contributed by atoms with Crippen molar-refractivity contribution >= 4 is 29.2 Å². The van der Waals surface area contributed by atoms with Gasteiger partial charge in [-0.25, -0.2) is 4.39 Å². The van der Waals surface area contributed by atoms with Crippen LogP contribution < -0.4 is 14.9 Å². The van der Waals surface area contributed by atoms with Crippen molar-refractivity contribution in [3.63, 3.8) is 0 Å². The van der Waals surface area contributed by atoms with Crippen LogP contribution in [0, 0.1) is 33.5 Å². The zero-order valence-electron chi connectivity index (χ0n) is 19.6. The van der Waals surface area contributed by atoms with E-state index in [1.807, 2.05) is 26.8 Å². The number of aromatic nitrogens is 1. The summed E-state index contributed by atoms with van der Waals surface area (Å²) >= 11 is 0. The molecule has 1 heterocycles. The Labute approximate surface area is 186 Å². The lowest BCUT2D eigenvalue weighted by Gasteiger charge is -2.24. The molecule has 0 saturated carbocycles. The molecule has 1 nitrogen and oxygen atoms in total. The molecule has 0 saturated heterocycles. The summed E-state index contributed by atoms with van der Waals surface area (Å²) in [5, 5.41) is 5.32. The highest BCUT2D eigenvalue weighted by Crippen LogP contribution is 2.32. The van der Waals surface area contributed by atoms with E-state index in [1.165, 1.54) is 26.8 Å². The smallest absolute Gasteiger partial charge is 0.206 e. The molecule has 0 unspecified atom stereocenters. The van der Waals surface area contributed by atoms with Crippen LogP contribution in [0.5, 0.6) is 0 Å². The summed E-state index contributed by atoms with van der Waals surface area (Å²) in [4.78, 5) is 0. The van der Waals surface area contributed by atoms with Crippen molar-refractivity contribution < 1.29 is 8.96 Å². The van der Waals surface area contributed by atoms with Crippen molar-refractivity contribution in [1.29, 1.82) is 0 Å². The van der Waals surface area contributed by atoms with Gasteiger partial charge in [-0.3, -0.25) is 0 Å². The summed E-state index contributed by atoms with van der Waals surface area (Å²) in [7, 11) is 0.312. The molecule has 3 heteroatoms. The van der Waals surface area contributed by atoms with E-state index in [1.54, 1.807) is 0 Å². The molecule has 0 atom stereocenters. The minimum absolute atomic E-state index is 0.0984. The monoisotopic (exact) mass is 428 g/mol. The first-order valence-electron chi connectivity index (χ1n) is 10.9. The first kappa shape index (κ1) is 21.4. The van der Waals surface area contributed by atoms with Crippen LogP contribution in [0.15, 0.2) is 60.7 Å². The van der Waals surface area contributed by atoms with Gasteiger partial charge in [0.2, 0.25) is 5.69 Å². The average molecular weight is 429 g/mol. The molecule has 4 rings (SSSR count). The van der Waals surface area contributed by atoms with Crippen LogP contribution in [-0.4, -0.2) is 8.07 Å². The van der Waals surface area contributed by atoms with E-state index >= 15 is 0 Å². The van der Waals surface area contributed by atoms with Gasteiger partial charge in [0.1, 0.15) is 20.9 Å². The second kappa shape index (κ2) is 7.72. The summed E-state index contributed by atoms with van der Waals surface area (Å²) < 4.78 is 16.8. The van der Waals surface area contributed by atoms with Crippen LogP contribution in [-0.2, 0) is 7.05 Å². The van der Waals surface area contributed by atoms with Gasteiger partial charge in [0.05, 0.1) is 10.9 Å². The molecule has 4 aromatic rings. The number of aryl methyl sites for hydroxylation is 2. The van der Waals surface area contributed by atoms with Crippen molar-refractivity contribution in [2.24, 2.45) is 7.05 Å². The molecular weight excluding hydrogens is 397 g/mol. The maximum Gasteiger partial charge on any atom is 0.220 e. The van der Waals surface area contributed by atoms with Crippen molar-refractivity contribution in [3.05, 3.63) is 88.9 Å². The highest BCUT2D eigenvalue weighted by molar-refractivity contribution is 7.00. The minimum atomic E-state index is -1.79. The molecule has 1 aromatic heterocycles. The third-order valence-electron chi connectivity index (χ3n) is 7.01. The summed E-state index contributed by atoms with van der Waals surface area (Å²) in [5.41, 5.74) is 5.90. The maximum atomic E-state index is 14.5. The molecule has 0 aliphatic carbocycles. The lowest BCUT2D eigenvalue weighted by molar-refractivity contribution is -0.665. The molecule has 0 aliphatic heterocycles. The molecule has 0 amide bonds. The number of fused-ring (bicyclic) bond motifs is 1. The number of rotatable bonds is 3. The topological polar surface area (TPSA) is 3.88 Å². The minimum Gasteiger partial charge on any atom is -0.206 e. The van der Waals surface area contributed by atoms with Crippen LogP contribution >= 0.6 is 0 Å². The van der Waals surface area contributed by atoms with Gasteiger partial charge in [0, 0.05) is 13.0 Å². The van der Waals surface area contributed by atoms with E-state index < -0.39 is 8.07 Å². The third-order valence-corrected chi connectivity index (χ3v) is 10.5. The summed E-state index contributed by atoms with van der Waals surface area (Å²) in [5.74, 6) is -0.0984. The standard InChI is InChI=1S/C28H31FNSi/c1-18-15-26(20(3)21(4)27(18)29)28-25-14-13-24(17-22(25)16-19(2)30(28)5)31(6,7)23-11-9-8-10-12-23/h8-17H,1-7H3/q+1. The molecule has 158 valence electrons. The van der Waals surface area contributed by atoms with E-state index in [4.69, 9.17) is 0 Å². The van der Waals surface area contributed by atoms with Gasteiger partial charge >= 0.3 is 0 Å². The maximum absolute atomic E-state index is 14.5. The Hall–Kier alpha value is -2.78. The molecule has 0 fully saturated rings. The Bertz CT molecular complexity index is 1310. The van der Waals surface area contributed by atoms with Gasteiger partial charge in [-0.05, 0) is 55.0 Å². The lowest BCUT2D eigenvalue weighted by atomic mass is 9.93. The van der Waals surface area contributed by atoms with Crippen molar-refractivity contribution in [1.82, 2.24) is 0 Å². The first-order chi connectivity index (χ1) is 14.6. The molecule has 0 aliphatic rings. The van der Waals surface area contributed by atoms with Crippen molar-refractivity contribution in [3.8, 4) is 11.3 Å². The number of nitrogens with zero attached hydrogens (tertiary/aromatic N) is 1. The fourth-order valence-electron chi connectivity index (χ4n) is 4.61. The normalized spacial score (nSPS) is 11.9. The average Bonchev–Trinajstić information content (AvgIpc) is 2.76. The van der Waals surface area contributed by atoms with E-state index in [2.05, 4.69) is 86.2 Å². The number of pyridine rings is 1. The molecule has 0 bridgehead atoms. The fraction of sp³-hybridized carbons (Fsp3) is 0.250. The van der Waals surface area contributed by atoms with Gasteiger partial charge in [-0.15, -0.1) is 0 Å². The second-order valence-corrected chi connectivity index (χ2v) is 13.7. The van der Waals surface area contributed by atoms with Crippen LogP contribution in [0.1, 0.15) is 22.4 Å². The lowest BCUT2D eigenvalue weighted by Crippen LogP contribution is -2.52. The number of halogens is 1. The summed E-state index contributed by atoms with van der Waals surface area (Å²) in [6.07, 6.45) is 0. The molecule has 0 N–H and O–H groups in total. The van der Waals surface area contributed by atoms with E-state index in [9.17, 15) is 4.39 Å². The molecule has 3 aromatic carbocycles. The summed E-state index contributed by atoms with van der Waals surface area (Å²) in [6, 6.07) is 22.1. The third kappa shape index (κ3) is 3.51. The largest absolute Gasteiger partial charge is 0.220 e. The number of hydrogen-bond acceptors (Lipinski definition) is 0. The molecule has 0 radical (unpaired) electrons. The van der Waals surface area contributed by atoms with Crippen molar-refractivity contribution in [2.75, 3.05) is 0 Å². The zero-order chi connectivity index (χ0) is 22.5. The Kier molecular flexibility index (Phi) is 5.34. The molecule has 31 heavy (non-hydrogen) atoms. The zero-order valence-corrected chi connectivity index (χ0v) is 20.6. The Morgan fingerprint density at radius 3 is 2.13 bits per heavy atom. The van der Waals surface area contributed by atoms with E-state index in [0.717, 1.165) is 22.4 Å². The molecular formula is C28H31FNSi+. The van der Waals surface area contributed by atoms with Crippen LogP contribution in [0.3, 0.4) is 0 Å². The first-order valence-corrected chi connectivity index (χ1v) is 13.9. The highest BCUT2D eigenvalue weighted by atomic mass is 28.3. The Morgan fingerprint density at radius 2 is 1.45 bits per heavy atom. The Morgan fingerprint density at radius 1 is 0.774 bits per heavy atom. The van der Waals surface area contributed by atoms with Gasteiger partial charge in [0.15, 0.2) is 5.69 Å². The highest BCUT2D eigenvalue weighted by Gasteiger charge is 2.28. The van der Waals surface area contributed by atoms with E-state index in [0.29, 0.717) is 5.56 Å².